The van der Waals surface area contributed by atoms with Crippen LogP contribution in [0.4, 0.5) is 0 Å². The molecule has 0 unspecified atom stereocenters. The van der Waals surface area contributed by atoms with Gasteiger partial charge in [0.15, 0.2) is 0 Å². The lowest BCUT2D eigenvalue weighted by atomic mass is 10.2. The van der Waals surface area contributed by atoms with E-state index in [0.29, 0.717) is 10.6 Å². The van der Waals surface area contributed by atoms with Gasteiger partial charge in [0.1, 0.15) is 0 Å². The molecule has 1 aliphatic heterocycles. The van der Waals surface area contributed by atoms with E-state index in [4.69, 9.17) is 17.3 Å². The van der Waals surface area contributed by atoms with E-state index in [1.807, 2.05) is 5.01 Å². The molecule has 0 spiro atoms. The monoisotopic (exact) mass is 280 g/mol. The van der Waals surface area contributed by atoms with Gasteiger partial charge in [-0.1, -0.05) is 11.6 Å². The molecule has 0 bridgehead atoms. The Morgan fingerprint density at radius 3 is 2.47 bits per heavy atom. The molecule has 1 fully saturated rings. The molecule has 3 N–H and O–H groups in total. The highest BCUT2D eigenvalue weighted by molar-refractivity contribution is 6.30. The fourth-order valence-electron chi connectivity index (χ4n) is 1.94. The van der Waals surface area contributed by atoms with Crippen LogP contribution in [0.2, 0.25) is 5.02 Å². The van der Waals surface area contributed by atoms with Gasteiger partial charge in [-0.25, -0.2) is 0 Å². The van der Waals surface area contributed by atoms with Gasteiger partial charge in [-0.05, 0) is 43.5 Å². The average molecular weight is 281 g/mol. The fourth-order valence-corrected chi connectivity index (χ4v) is 2.07. The van der Waals surface area contributed by atoms with E-state index in [-0.39, 0.29) is 11.9 Å². The number of amides is 1. The molecule has 1 saturated heterocycles. The van der Waals surface area contributed by atoms with Crippen LogP contribution in [-0.2, 0) is 0 Å². The SMILES string of the molecule is N/C(=N\N1CCCCC1)NC(=O)c1ccc(Cl)cc1. The van der Waals surface area contributed by atoms with Crippen LogP contribution in [-0.4, -0.2) is 30.0 Å². The van der Waals surface area contributed by atoms with E-state index in [1.54, 1.807) is 24.3 Å². The largest absolute Gasteiger partial charge is 0.368 e. The van der Waals surface area contributed by atoms with Crippen LogP contribution in [0.1, 0.15) is 29.6 Å². The second-order valence-electron chi connectivity index (χ2n) is 4.46. The predicted molar refractivity (Wildman–Crippen MR) is 76.0 cm³/mol. The van der Waals surface area contributed by atoms with E-state index >= 15 is 0 Å². The Morgan fingerprint density at radius 1 is 1.21 bits per heavy atom. The first-order chi connectivity index (χ1) is 9.15. The van der Waals surface area contributed by atoms with Crippen molar-refractivity contribution >= 4 is 23.5 Å². The number of nitrogens with zero attached hydrogens (tertiary/aromatic N) is 2. The summed E-state index contributed by atoms with van der Waals surface area (Å²) in [7, 11) is 0. The summed E-state index contributed by atoms with van der Waals surface area (Å²) >= 11 is 5.76. The summed E-state index contributed by atoms with van der Waals surface area (Å²) in [6.45, 7) is 1.77. The third-order valence-corrected chi connectivity index (χ3v) is 3.18. The predicted octanol–water partition coefficient (Wildman–Crippen LogP) is 1.79. The first-order valence-corrected chi connectivity index (χ1v) is 6.69. The highest BCUT2D eigenvalue weighted by Crippen LogP contribution is 2.10. The number of halogens is 1. The Labute approximate surface area is 117 Å². The van der Waals surface area contributed by atoms with Crippen molar-refractivity contribution in [3.05, 3.63) is 34.9 Å². The number of hydrogen-bond donors (Lipinski definition) is 2. The standard InChI is InChI=1S/C13H17ClN4O/c14-11-6-4-10(5-7-11)12(19)16-13(15)17-18-8-2-1-3-9-18/h4-7H,1-3,8-9H2,(H3,15,16,17,19). The molecular formula is C13H17ClN4O. The maximum Gasteiger partial charge on any atom is 0.257 e. The number of piperidine rings is 1. The van der Waals surface area contributed by atoms with E-state index in [9.17, 15) is 4.79 Å². The van der Waals surface area contributed by atoms with Gasteiger partial charge in [0, 0.05) is 23.7 Å². The Kier molecular flexibility index (Phi) is 4.63. The van der Waals surface area contributed by atoms with Crippen LogP contribution >= 0.6 is 11.6 Å². The molecular weight excluding hydrogens is 264 g/mol. The van der Waals surface area contributed by atoms with Gasteiger partial charge in [-0.15, -0.1) is 5.10 Å². The number of hydrogen-bond acceptors (Lipinski definition) is 3. The first kappa shape index (κ1) is 13.7. The quantitative estimate of drug-likeness (QED) is 0.641. The van der Waals surface area contributed by atoms with Crippen LogP contribution in [0, 0.1) is 0 Å². The molecule has 0 atom stereocenters. The zero-order valence-electron chi connectivity index (χ0n) is 10.6. The lowest BCUT2D eigenvalue weighted by Gasteiger charge is -2.23. The molecule has 0 radical (unpaired) electrons. The minimum Gasteiger partial charge on any atom is -0.368 e. The maximum absolute atomic E-state index is 11.9. The van der Waals surface area contributed by atoms with Crippen molar-refractivity contribution in [2.45, 2.75) is 19.3 Å². The molecule has 5 nitrogen and oxygen atoms in total. The van der Waals surface area contributed by atoms with Gasteiger partial charge in [0.25, 0.3) is 5.91 Å². The summed E-state index contributed by atoms with van der Waals surface area (Å²) in [4.78, 5) is 11.9. The number of carbonyl (C=O) groups excluding carboxylic acids is 1. The van der Waals surface area contributed by atoms with Crippen molar-refractivity contribution in [1.29, 1.82) is 0 Å². The van der Waals surface area contributed by atoms with Crippen LogP contribution < -0.4 is 11.1 Å². The number of rotatable bonds is 2. The number of nitrogens with two attached hydrogens (primary N) is 1. The van der Waals surface area contributed by atoms with Crippen molar-refractivity contribution in [3.8, 4) is 0 Å². The normalized spacial score (nSPS) is 16.3. The lowest BCUT2D eigenvalue weighted by Crippen LogP contribution is -2.39. The second-order valence-corrected chi connectivity index (χ2v) is 4.90. The van der Waals surface area contributed by atoms with Crippen molar-refractivity contribution < 1.29 is 4.79 Å². The van der Waals surface area contributed by atoms with Gasteiger partial charge >= 0.3 is 0 Å². The van der Waals surface area contributed by atoms with E-state index in [0.717, 1.165) is 25.9 Å². The zero-order valence-corrected chi connectivity index (χ0v) is 11.4. The molecule has 1 amide bonds. The Bertz CT molecular complexity index is 466. The summed E-state index contributed by atoms with van der Waals surface area (Å²) in [5, 5.41) is 9.23. The van der Waals surface area contributed by atoms with Crippen LogP contribution in [0.5, 0.6) is 0 Å². The van der Waals surface area contributed by atoms with Gasteiger partial charge in [-0.3, -0.25) is 15.1 Å². The Morgan fingerprint density at radius 2 is 1.84 bits per heavy atom. The number of carbonyl (C=O) groups is 1. The number of benzene rings is 1. The molecule has 1 aromatic carbocycles. The highest BCUT2D eigenvalue weighted by atomic mass is 35.5. The molecule has 0 aromatic heterocycles. The molecule has 19 heavy (non-hydrogen) atoms. The number of hydrazone groups is 1. The summed E-state index contributed by atoms with van der Waals surface area (Å²) in [5.74, 6) is -0.156. The van der Waals surface area contributed by atoms with Crippen LogP contribution in [0.3, 0.4) is 0 Å². The Hall–Kier alpha value is -1.75. The molecule has 0 aliphatic carbocycles. The van der Waals surface area contributed by atoms with Gasteiger partial charge in [0.2, 0.25) is 5.96 Å². The third-order valence-electron chi connectivity index (χ3n) is 2.93. The lowest BCUT2D eigenvalue weighted by molar-refractivity contribution is 0.0975. The van der Waals surface area contributed by atoms with E-state index < -0.39 is 0 Å². The van der Waals surface area contributed by atoms with Crippen LogP contribution in [0.15, 0.2) is 29.4 Å². The second kappa shape index (κ2) is 6.43. The van der Waals surface area contributed by atoms with Crippen molar-refractivity contribution in [3.63, 3.8) is 0 Å². The minimum absolute atomic E-state index is 0.127. The third kappa shape index (κ3) is 4.13. The van der Waals surface area contributed by atoms with E-state index in [1.165, 1.54) is 6.42 Å². The Balaban J connectivity index is 1.94. The summed E-state index contributed by atoms with van der Waals surface area (Å²) in [6, 6.07) is 6.61. The summed E-state index contributed by atoms with van der Waals surface area (Å²) < 4.78 is 0. The number of nitrogens with one attached hydrogen (secondary N) is 1. The van der Waals surface area contributed by atoms with Gasteiger partial charge < -0.3 is 5.73 Å². The van der Waals surface area contributed by atoms with Gasteiger partial charge in [0.05, 0.1) is 0 Å². The molecule has 1 aromatic rings. The van der Waals surface area contributed by atoms with Crippen molar-refractivity contribution in [2.24, 2.45) is 10.8 Å². The fraction of sp³-hybridized carbons (Fsp3) is 0.385. The van der Waals surface area contributed by atoms with Gasteiger partial charge in [-0.2, -0.15) is 0 Å². The molecule has 102 valence electrons. The molecule has 6 heteroatoms. The topological polar surface area (TPSA) is 70.7 Å². The molecule has 0 saturated carbocycles. The zero-order chi connectivity index (χ0) is 13.7. The van der Waals surface area contributed by atoms with Crippen LogP contribution in [0.25, 0.3) is 0 Å². The van der Waals surface area contributed by atoms with E-state index in [2.05, 4.69) is 10.4 Å². The number of guanidine groups is 1. The smallest absolute Gasteiger partial charge is 0.257 e. The molecule has 2 rings (SSSR count). The van der Waals surface area contributed by atoms with Crippen molar-refractivity contribution in [2.75, 3.05) is 13.1 Å². The maximum atomic E-state index is 11.9. The molecule has 1 aliphatic rings. The summed E-state index contributed by atoms with van der Waals surface area (Å²) in [5.41, 5.74) is 6.22. The highest BCUT2D eigenvalue weighted by Gasteiger charge is 2.10. The summed E-state index contributed by atoms with van der Waals surface area (Å²) in [6.07, 6.45) is 3.45. The first-order valence-electron chi connectivity index (χ1n) is 6.31. The minimum atomic E-state index is -0.282. The van der Waals surface area contributed by atoms with Crippen molar-refractivity contribution in [1.82, 2.24) is 10.3 Å². The molecule has 1 heterocycles. The average Bonchev–Trinajstić information content (AvgIpc) is 2.40.